The van der Waals surface area contributed by atoms with Crippen molar-refractivity contribution in [3.05, 3.63) is 52.8 Å². The van der Waals surface area contributed by atoms with Crippen molar-refractivity contribution in [3.8, 4) is 11.5 Å². The normalized spacial score (nSPS) is 10.1. The van der Waals surface area contributed by atoms with Crippen molar-refractivity contribution in [2.75, 3.05) is 14.2 Å². The number of carbonyl (C=O) groups is 1. The van der Waals surface area contributed by atoms with Crippen LogP contribution in [-0.4, -0.2) is 25.0 Å². The number of halogens is 1. The Morgan fingerprint density at radius 3 is 2.32 bits per heavy atom. The van der Waals surface area contributed by atoms with Crippen LogP contribution in [0.4, 0.5) is 0 Å². The number of carbonyl (C=O) groups excluding carboxylic acids is 1. The second kappa shape index (κ2) is 5.71. The maximum atomic E-state index is 12.2. The van der Waals surface area contributed by atoms with Gasteiger partial charge in [-0.15, -0.1) is 0 Å². The van der Waals surface area contributed by atoms with Crippen molar-refractivity contribution in [1.29, 1.82) is 0 Å². The van der Waals surface area contributed by atoms with Crippen LogP contribution in [0.1, 0.15) is 15.9 Å². The van der Waals surface area contributed by atoms with Crippen LogP contribution in [0.25, 0.3) is 0 Å². The van der Waals surface area contributed by atoms with Crippen LogP contribution in [-0.2, 0) is 0 Å². The molecule has 0 unspecified atom stereocenters. The molecule has 0 aliphatic rings. The molecule has 4 nitrogen and oxygen atoms in total. The average molecular weight is 278 g/mol. The maximum absolute atomic E-state index is 12.2. The SMILES string of the molecule is COc1ccc(C(=O)c2ccc(Cl)nc2)cc1OC. The summed E-state index contributed by atoms with van der Waals surface area (Å²) < 4.78 is 10.3. The Balaban J connectivity index is 2.36. The Kier molecular flexibility index (Phi) is 4.02. The highest BCUT2D eigenvalue weighted by Crippen LogP contribution is 2.28. The standard InChI is InChI=1S/C14H12ClNO3/c1-18-11-5-3-9(7-12(11)19-2)14(17)10-4-6-13(15)16-8-10/h3-8H,1-2H3. The second-order valence-corrected chi connectivity index (χ2v) is 4.16. The van der Waals surface area contributed by atoms with E-state index in [0.29, 0.717) is 27.8 Å². The van der Waals surface area contributed by atoms with E-state index in [4.69, 9.17) is 21.1 Å². The third-order valence-electron chi connectivity index (χ3n) is 2.64. The summed E-state index contributed by atoms with van der Waals surface area (Å²) in [5.74, 6) is 0.939. The molecule has 0 spiro atoms. The Labute approximate surface area is 115 Å². The van der Waals surface area contributed by atoms with Crippen LogP contribution in [0.15, 0.2) is 36.5 Å². The highest BCUT2D eigenvalue weighted by atomic mass is 35.5. The van der Waals surface area contributed by atoms with E-state index < -0.39 is 0 Å². The number of nitrogens with zero attached hydrogens (tertiary/aromatic N) is 1. The minimum atomic E-state index is -0.148. The third-order valence-corrected chi connectivity index (χ3v) is 2.86. The van der Waals surface area contributed by atoms with E-state index in [-0.39, 0.29) is 5.78 Å². The van der Waals surface area contributed by atoms with E-state index in [2.05, 4.69) is 4.98 Å². The van der Waals surface area contributed by atoms with E-state index in [1.54, 1.807) is 37.4 Å². The Hall–Kier alpha value is -2.07. The molecule has 0 fully saturated rings. The van der Waals surface area contributed by atoms with Gasteiger partial charge < -0.3 is 9.47 Å². The van der Waals surface area contributed by atoms with Gasteiger partial charge in [-0.3, -0.25) is 4.79 Å². The van der Waals surface area contributed by atoms with Crippen LogP contribution in [0.3, 0.4) is 0 Å². The minimum absolute atomic E-state index is 0.148. The number of hydrogen-bond donors (Lipinski definition) is 0. The number of ether oxygens (including phenoxy) is 2. The monoisotopic (exact) mass is 277 g/mol. The lowest BCUT2D eigenvalue weighted by Gasteiger charge is -2.09. The lowest BCUT2D eigenvalue weighted by atomic mass is 10.0. The zero-order valence-electron chi connectivity index (χ0n) is 10.5. The van der Waals surface area contributed by atoms with Crippen molar-refractivity contribution in [2.45, 2.75) is 0 Å². The highest BCUT2D eigenvalue weighted by molar-refractivity contribution is 6.29. The fourth-order valence-corrected chi connectivity index (χ4v) is 1.77. The summed E-state index contributed by atoms with van der Waals surface area (Å²) in [4.78, 5) is 16.1. The van der Waals surface area contributed by atoms with Crippen molar-refractivity contribution < 1.29 is 14.3 Å². The van der Waals surface area contributed by atoms with Crippen molar-refractivity contribution in [3.63, 3.8) is 0 Å². The van der Waals surface area contributed by atoms with E-state index in [0.717, 1.165) is 0 Å². The molecule has 0 amide bonds. The lowest BCUT2D eigenvalue weighted by Crippen LogP contribution is -2.03. The van der Waals surface area contributed by atoms with Gasteiger partial charge >= 0.3 is 0 Å². The van der Waals surface area contributed by atoms with Gasteiger partial charge in [0, 0.05) is 17.3 Å². The van der Waals surface area contributed by atoms with Gasteiger partial charge in [-0.25, -0.2) is 4.98 Å². The van der Waals surface area contributed by atoms with Gasteiger partial charge in [0.05, 0.1) is 14.2 Å². The van der Waals surface area contributed by atoms with Gasteiger partial charge in [-0.1, -0.05) is 11.6 Å². The van der Waals surface area contributed by atoms with Gasteiger partial charge in [0.1, 0.15) is 5.15 Å². The van der Waals surface area contributed by atoms with Gasteiger partial charge in [-0.05, 0) is 30.3 Å². The summed E-state index contributed by atoms with van der Waals surface area (Å²) >= 11 is 5.69. The van der Waals surface area contributed by atoms with Crippen LogP contribution < -0.4 is 9.47 Å². The summed E-state index contributed by atoms with van der Waals surface area (Å²) in [5, 5.41) is 0.351. The van der Waals surface area contributed by atoms with E-state index in [1.165, 1.54) is 13.3 Å². The number of methoxy groups -OCH3 is 2. The first-order chi connectivity index (χ1) is 9.15. The largest absolute Gasteiger partial charge is 0.493 e. The Morgan fingerprint density at radius 2 is 1.74 bits per heavy atom. The predicted octanol–water partition coefficient (Wildman–Crippen LogP) is 2.98. The quantitative estimate of drug-likeness (QED) is 0.637. The third kappa shape index (κ3) is 2.85. The average Bonchev–Trinajstić information content (AvgIpc) is 2.46. The van der Waals surface area contributed by atoms with Gasteiger partial charge in [0.2, 0.25) is 0 Å². The topological polar surface area (TPSA) is 48.4 Å². The number of benzene rings is 1. The zero-order chi connectivity index (χ0) is 13.8. The van der Waals surface area contributed by atoms with Crippen LogP contribution >= 0.6 is 11.6 Å². The van der Waals surface area contributed by atoms with Crippen molar-refractivity contribution >= 4 is 17.4 Å². The minimum Gasteiger partial charge on any atom is -0.493 e. The van der Waals surface area contributed by atoms with Crippen molar-refractivity contribution in [1.82, 2.24) is 4.98 Å². The molecule has 0 N–H and O–H groups in total. The molecular weight excluding hydrogens is 266 g/mol. The molecule has 0 aliphatic heterocycles. The fraction of sp³-hybridized carbons (Fsp3) is 0.143. The molecule has 0 aliphatic carbocycles. The molecule has 0 radical (unpaired) electrons. The molecule has 19 heavy (non-hydrogen) atoms. The molecule has 98 valence electrons. The van der Waals surface area contributed by atoms with E-state index >= 15 is 0 Å². The van der Waals surface area contributed by atoms with Crippen LogP contribution in [0.2, 0.25) is 5.15 Å². The Bertz CT molecular complexity index is 596. The lowest BCUT2D eigenvalue weighted by molar-refractivity contribution is 0.103. The fourth-order valence-electron chi connectivity index (χ4n) is 1.65. The predicted molar refractivity (Wildman–Crippen MR) is 72.2 cm³/mol. The number of hydrogen-bond acceptors (Lipinski definition) is 4. The first-order valence-corrected chi connectivity index (χ1v) is 5.92. The molecular formula is C14H12ClNO3. The molecule has 0 saturated heterocycles. The highest BCUT2D eigenvalue weighted by Gasteiger charge is 2.13. The first kappa shape index (κ1) is 13.4. The number of ketones is 1. The number of aromatic nitrogens is 1. The molecule has 0 saturated carbocycles. The molecule has 1 aromatic heterocycles. The number of pyridine rings is 1. The smallest absolute Gasteiger partial charge is 0.194 e. The zero-order valence-corrected chi connectivity index (χ0v) is 11.3. The van der Waals surface area contributed by atoms with Gasteiger partial charge in [-0.2, -0.15) is 0 Å². The van der Waals surface area contributed by atoms with Gasteiger partial charge in [0.25, 0.3) is 0 Å². The van der Waals surface area contributed by atoms with E-state index in [1.807, 2.05) is 0 Å². The Morgan fingerprint density at radius 1 is 1.05 bits per heavy atom. The maximum Gasteiger partial charge on any atom is 0.194 e. The second-order valence-electron chi connectivity index (χ2n) is 3.77. The molecule has 5 heteroatoms. The molecule has 1 aromatic carbocycles. The molecule has 1 heterocycles. The summed E-state index contributed by atoms with van der Waals surface area (Å²) in [7, 11) is 3.07. The van der Waals surface area contributed by atoms with Crippen LogP contribution in [0.5, 0.6) is 11.5 Å². The molecule has 0 atom stereocenters. The molecule has 2 aromatic rings. The summed E-state index contributed by atoms with van der Waals surface area (Å²) in [6.45, 7) is 0. The summed E-state index contributed by atoms with van der Waals surface area (Å²) in [5.41, 5.74) is 0.971. The van der Waals surface area contributed by atoms with Crippen LogP contribution in [0, 0.1) is 0 Å². The number of rotatable bonds is 4. The van der Waals surface area contributed by atoms with Gasteiger partial charge in [0.15, 0.2) is 17.3 Å². The summed E-state index contributed by atoms with van der Waals surface area (Å²) in [6, 6.07) is 8.22. The first-order valence-electron chi connectivity index (χ1n) is 5.54. The molecule has 2 rings (SSSR count). The van der Waals surface area contributed by atoms with Crippen molar-refractivity contribution in [2.24, 2.45) is 0 Å². The van der Waals surface area contributed by atoms with E-state index in [9.17, 15) is 4.79 Å². The molecule has 0 bridgehead atoms. The summed E-state index contributed by atoms with van der Waals surface area (Å²) in [6.07, 6.45) is 1.45.